The molecule has 0 saturated carbocycles. The Labute approximate surface area is 214 Å². The summed E-state index contributed by atoms with van der Waals surface area (Å²) in [6.07, 6.45) is 6.81. The van der Waals surface area contributed by atoms with Gasteiger partial charge < -0.3 is 34.5 Å². The average molecular weight is 575 g/mol. The van der Waals surface area contributed by atoms with Crippen molar-refractivity contribution in [3.63, 3.8) is 0 Å². The van der Waals surface area contributed by atoms with E-state index in [1.54, 1.807) is 0 Å². The van der Waals surface area contributed by atoms with E-state index in [2.05, 4.69) is 22.6 Å². The number of nitrogens with zero attached hydrogens (tertiary/aromatic N) is 2. The summed E-state index contributed by atoms with van der Waals surface area (Å²) in [5.74, 6) is 2.37. The van der Waals surface area contributed by atoms with Crippen LogP contribution in [0.5, 0.6) is 11.5 Å². The van der Waals surface area contributed by atoms with E-state index in [0.29, 0.717) is 25.9 Å². The average Bonchev–Trinajstić information content (AvgIpc) is 3.40. The van der Waals surface area contributed by atoms with Crippen LogP contribution in [0.15, 0.2) is 23.2 Å². The molecule has 0 radical (unpaired) electrons. The molecule has 33 heavy (non-hydrogen) atoms. The minimum absolute atomic E-state index is 0. The standard InChI is InChI=1S/C24H38N4O4.HI/c1-28-11-2-6-20(28)17-26-24(25-10-4-12-29-18-21-7-3-13-30-21)27-19-8-9-22-23(16-19)32-15-5-14-31-22;/h8-9,16,20-21H,2-7,10-15,17-18H2,1H3,(H2,25,26,27);1H. The van der Waals surface area contributed by atoms with Gasteiger partial charge in [-0.1, -0.05) is 0 Å². The third-order valence-electron chi connectivity index (χ3n) is 6.23. The van der Waals surface area contributed by atoms with E-state index in [0.717, 1.165) is 81.7 Å². The molecular formula is C24H39IN4O4. The number of guanidine groups is 1. The summed E-state index contributed by atoms with van der Waals surface area (Å²) in [5, 5.41) is 6.91. The third kappa shape index (κ3) is 8.45. The molecule has 0 bridgehead atoms. The molecule has 2 atom stereocenters. The van der Waals surface area contributed by atoms with E-state index in [9.17, 15) is 0 Å². The normalized spacial score (nSPS) is 23.1. The van der Waals surface area contributed by atoms with Crippen molar-refractivity contribution in [3.8, 4) is 11.5 Å². The van der Waals surface area contributed by atoms with Gasteiger partial charge in [-0.3, -0.25) is 4.99 Å². The van der Waals surface area contributed by atoms with E-state index >= 15 is 0 Å². The summed E-state index contributed by atoms with van der Waals surface area (Å²) >= 11 is 0. The first-order chi connectivity index (χ1) is 15.8. The Hall–Kier alpha value is -1.30. The fourth-order valence-electron chi connectivity index (χ4n) is 4.30. The molecule has 8 nitrogen and oxygen atoms in total. The molecule has 2 fully saturated rings. The minimum Gasteiger partial charge on any atom is -0.490 e. The third-order valence-corrected chi connectivity index (χ3v) is 6.23. The highest BCUT2D eigenvalue weighted by molar-refractivity contribution is 14.0. The van der Waals surface area contributed by atoms with E-state index < -0.39 is 0 Å². The molecule has 1 aromatic rings. The Kier molecular flexibility index (Phi) is 11.3. The van der Waals surface area contributed by atoms with Crippen LogP contribution in [-0.2, 0) is 9.47 Å². The topological polar surface area (TPSA) is 76.6 Å². The van der Waals surface area contributed by atoms with Crippen LogP contribution in [0.2, 0.25) is 0 Å². The molecule has 9 heteroatoms. The van der Waals surface area contributed by atoms with Gasteiger partial charge in [0, 0.05) is 44.0 Å². The number of likely N-dealkylation sites (N-methyl/N-ethyl adjacent to an activating group) is 1. The lowest BCUT2D eigenvalue weighted by Crippen LogP contribution is -2.34. The van der Waals surface area contributed by atoms with Crippen molar-refractivity contribution in [2.24, 2.45) is 4.99 Å². The molecule has 2 N–H and O–H groups in total. The van der Waals surface area contributed by atoms with Crippen LogP contribution in [0.25, 0.3) is 0 Å². The number of benzene rings is 1. The number of aliphatic imine (C=N–C) groups is 1. The van der Waals surface area contributed by atoms with E-state index in [4.69, 9.17) is 23.9 Å². The Morgan fingerprint density at radius 3 is 2.79 bits per heavy atom. The van der Waals surface area contributed by atoms with Crippen LogP contribution in [0.3, 0.4) is 0 Å². The first kappa shape index (κ1) is 26.3. The highest BCUT2D eigenvalue weighted by Gasteiger charge is 2.20. The van der Waals surface area contributed by atoms with Crippen molar-refractivity contribution in [3.05, 3.63) is 18.2 Å². The van der Waals surface area contributed by atoms with Gasteiger partial charge in [-0.2, -0.15) is 0 Å². The zero-order valence-corrected chi connectivity index (χ0v) is 22.1. The van der Waals surface area contributed by atoms with Gasteiger partial charge in [0.15, 0.2) is 17.5 Å². The van der Waals surface area contributed by atoms with Gasteiger partial charge in [0.1, 0.15) is 0 Å². The van der Waals surface area contributed by atoms with Crippen molar-refractivity contribution >= 4 is 35.6 Å². The highest BCUT2D eigenvalue weighted by Crippen LogP contribution is 2.32. The van der Waals surface area contributed by atoms with Gasteiger partial charge in [-0.15, -0.1) is 24.0 Å². The van der Waals surface area contributed by atoms with Gasteiger partial charge in [0.05, 0.1) is 32.5 Å². The molecule has 0 aromatic heterocycles. The van der Waals surface area contributed by atoms with Gasteiger partial charge in [-0.25, -0.2) is 0 Å². The van der Waals surface area contributed by atoms with Crippen LogP contribution in [0, 0.1) is 0 Å². The lowest BCUT2D eigenvalue weighted by molar-refractivity contribution is 0.0168. The molecule has 3 aliphatic rings. The summed E-state index contributed by atoms with van der Waals surface area (Å²) in [6.45, 7) is 6.39. The number of rotatable bonds is 9. The molecule has 0 spiro atoms. The van der Waals surface area contributed by atoms with Crippen LogP contribution < -0.4 is 20.1 Å². The summed E-state index contributed by atoms with van der Waals surface area (Å²) in [7, 11) is 2.18. The van der Waals surface area contributed by atoms with Crippen molar-refractivity contribution in [2.45, 2.75) is 50.7 Å². The fraction of sp³-hybridized carbons (Fsp3) is 0.708. The smallest absolute Gasteiger partial charge is 0.195 e. The summed E-state index contributed by atoms with van der Waals surface area (Å²) in [5.41, 5.74) is 0.940. The lowest BCUT2D eigenvalue weighted by atomic mass is 10.2. The molecule has 0 amide bonds. The number of likely N-dealkylation sites (tertiary alicyclic amines) is 1. The highest BCUT2D eigenvalue weighted by atomic mass is 127. The van der Waals surface area contributed by atoms with E-state index in [1.807, 2.05) is 18.2 Å². The van der Waals surface area contributed by atoms with E-state index in [-0.39, 0.29) is 30.1 Å². The predicted octanol–water partition coefficient (Wildman–Crippen LogP) is 3.50. The number of anilines is 1. The molecule has 2 unspecified atom stereocenters. The van der Waals surface area contributed by atoms with Crippen LogP contribution >= 0.6 is 24.0 Å². The first-order valence-electron chi connectivity index (χ1n) is 12.1. The molecule has 1 aromatic carbocycles. The van der Waals surface area contributed by atoms with Crippen molar-refractivity contribution < 1.29 is 18.9 Å². The zero-order valence-electron chi connectivity index (χ0n) is 19.7. The number of fused-ring (bicyclic) bond motifs is 1. The minimum atomic E-state index is 0. The molecule has 2 saturated heterocycles. The SMILES string of the molecule is CN1CCCC1CN=C(NCCCOCC1CCCO1)Nc1ccc2c(c1)OCCCO2.I. The maximum Gasteiger partial charge on any atom is 0.195 e. The largest absolute Gasteiger partial charge is 0.490 e. The van der Waals surface area contributed by atoms with Gasteiger partial charge in [-0.05, 0) is 57.8 Å². The Bertz CT molecular complexity index is 745. The molecule has 3 heterocycles. The second kappa shape index (κ2) is 14.2. The fourth-order valence-corrected chi connectivity index (χ4v) is 4.30. The monoisotopic (exact) mass is 574 g/mol. The quantitative estimate of drug-likeness (QED) is 0.203. The number of halogens is 1. The molecule has 3 aliphatic heterocycles. The Morgan fingerprint density at radius 2 is 2.00 bits per heavy atom. The maximum absolute atomic E-state index is 5.83. The molecule has 4 rings (SSSR count). The molecule has 0 aliphatic carbocycles. The number of hydrogen-bond acceptors (Lipinski definition) is 6. The maximum atomic E-state index is 5.83. The predicted molar refractivity (Wildman–Crippen MR) is 141 cm³/mol. The number of ether oxygens (including phenoxy) is 4. The van der Waals surface area contributed by atoms with E-state index in [1.165, 1.54) is 12.8 Å². The first-order valence-corrected chi connectivity index (χ1v) is 12.1. The summed E-state index contributed by atoms with van der Waals surface area (Å²) in [6, 6.07) is 6.47. The summed E-state index contributed by atoms with van der Waals surface area (Å²) in [4.78, 5) is 7.28. The van der Waals surface area contributed by atoms with Crippen molar-refractivity contribution in [1.82, 2.24) is 10.2 Å². The second-order valence-corrected chi connectivity index (χ2v) is 8.79. The van der Waals surface area contributed by atoms with Crippen molar-refractivity contribution in [2.75, 3.05) is 65.0 Å². The Morgan fingerprint density at radius 1 is 1.12 bits per heavy atom. The molecule has 186 valence electrons. The second-order valence-electron chi connectivity index (χ2n) is 8.79. The van der Waals surface area contributed by atoms with Crippen LogP contribution in [0.4, 0.5) is 5.69 Å². The van der Waals surface area contributed by atoms with Crippen LogP contribution in [-0.4, -0.2) is 82.7 Å². The zero-order chi connectivity index (χ0) is 22.0. The number of nitrogens with one attached hydrogen (secondary N) is 2. The Balaban J connectivity index is 0.00000306. The molecular weight excluding hydrogens is 535 g/mol. The number of hydrogen-bond donors (Lipinski definition) is 2. The van der Waals surface area contributed by atoms with Gasteiger partial charge >= 0.3 is 0 Å². The van der Waals surface area contributed by atoms with Crippen LogP contribution in [0.1, 0.15) is 38.5 Å². The van der Waals surface area contributed by atoms with Crippen molar-refractivity contribution in [1.29, 1.82) is 0 Å². The lowest BCUT2D eigenvalue weighted by Gasteiger charge is -2.19. The van der Waals surface area contributed by atoms with Gasteiger partial charge in [0.25, 0.3) is 0 Å². The van der Waals surface area contributed by atoms with Gasteiger partial charge in [0.2, 0.25) is 0 Å². The summed E-state index contributed by atoms with van der Waals surface area (Å²) < 4.78 is 23.0.